The first-order valence-electron chi connectivity index (χ1n) is 11.8. The molecular formula is C28H29N3O5. The first kappa shape index (κ1) is 24.8. The summed E-state index contributed by atoms with van der Waals surface area (Å²) in [4.78, 5) is 38.9. The Morgan fingerprint density at radius 1 is 0.972 bits per heavy atom. The van der Waals surface area contributed by atoms with Crippen LogP contribution in [0.2, 0.25) is 0 Å². The molecule has 0 spiro atoms. The molecule has 3 amide bonds. The van der Waals surface area contributed by atoms with Gasteiger partial charge in [0.2, 0.25) is 11.8 Å². The molecule has 1 aliphatic rings. The summed E-state index contributed by atoms with van der Waals surface area (Å²) in [5.41, 5.74) is 2.46. The van der Waals surface area contributed by atoms with Crippen molar-refractivity contribution >= 4 is 29.1 Å². The minimum absolute atomic E-state index is 0.0930. The largest absolute Gasteiger partial charge is 0.497 e. The van der Waals surface area contributed by atoms with Gasteiger partial charge in [-0.1, -0.05) is 36.4 Å². The molecule has 0 bridgehead atoms. The zero-order chi connectivity index (χ0) is 25.3. The van der Waals surface area contributed by atoms with Crippen molar-refractivity contribution in [1.82, 2.24) is 5.32 Å². The lowest BCUT2D eigenvalue weighted by atomic mass is 10.1. The number of benzene rings is 3. The van der Waals surface area contributed by atoms with Crippen LogP contribution in [0, 0.1) is 5.92 Å². The highest BCUT2D eigenvalue weighted by Gasteiger charge is 2.34. The van der Waals surface area contributed by atoms with Gasteiger partial charge in [0.05, 0.1) is 13.0 Å². The quantitative estimate of drug-likeness (QED) is 0.457. The molecule has 1 fully saturated rings. The third-order valence-corrected chi connectivity index (χ3v) is 5.92. The monoisotopic (exact) mass is 487 g/mol. The van der Waals surface area contributed by atoms with E-state index in [-0.39, 0.29) is 36.7 Å². The van der Waals surface area contributed by atoms with Crippen LogP contribution in [-0.2, 0) is 20.8 Å². The molecule has 3 aromatic rings. The van der Waals surface area contributed by atoms with Gasteiger partial charge in [0.25, 0.3) is 5.91 Å². The van der Waals surface area contributed by atoms with Crippen LogP contribution in [0.25, 0.3) is 0 Å². The van der Waals surface area contributed by atoms with Gasteiger partial charge in [0.15, 0.2) is 6.61 Å². The van der Waals surface area contributed by atoms with Crippen LogP contribution in [0.5, 0.6) is 11.5 Å². The molecule has 8 heteroatoms. The van der Waals surface area contributed by atoms with Crippen molar-refractivity contribution in [3.8, 4) is 11.5 Å². The van der Waals surface area contributed by atoms with Gasteiger partial charge >= 0.3 is 0 Å². The normalized spacial score (nSPS) is 14.9. The SMILES string of the molecule is COc1cccc(NC(=O)COc2ccc(N3CC(C(=O)NCCc4ccccc4)CC3=O)cc2)c1. The standard InChI is InChI=1S/C28H29N3O5/c1-35-25-9-5-8-22(17-25)30-26(32)19-36-24-12-10-23(11-13-24)31-18-21(16-27(31)33)28(34)29-15-14-20-6-3-2-4-7-20/h2-13,17,21H,14-16,18-19H2,1H3,(H,29,34)(H,30,32). The fraction of sp³-hybridized carbons (Fsp3) is 0.250. The zero-order valence-electron chi connectivity index (χ0n) is 20.1. The molecule has 1 atom stereocenters. The minimum atomic E-state index is -0.385. The Kier molecular flexibility index (Phi) is 8.18. The van der Waals surface area contributed by atoms with Crippen molar-refractivity contribution in [3.63, 3.8) is 0 Å². The predicted octanol–water partition coefficient (Wildman–Crippen LogP) is 3.42. The lowest BCUT2D eigenvalue weighted by Gasteiger charge is -2.17. The molecule has 1 unspecified atom stereocenters. The number of carbonyl (C=O) groups is 3. The summed E-state index contributed by atoms with van der Waals surface area (Å²) in [6.45, 7) is 0.703. The number of ether oxygens (including phenoxy) is 2. The maximum Gasteiger partial charge on any atom is 0.262 e. The summed E-state index contributed by atoms with van der Waals surface area (Å²) in [7, 11) is 1.56. The van der Waals surface area contributed by atoms with Crippen molar-refractivity contribution in [3.05, 3.63) is 84.4 Å². The molecule has 1 heterocycles. The van der Waals surface area contributed by atoms with Crippen molar-refractivity contribution < 1.29 is 23.9 Å². The lowest BCUT2D eigenvalue weighted by Crippen LogP contribution is -2.34. The van der Waals surface area contributed by atoms with Gasteiger partial charge in [-0.25, -0.2) is 0 Å². The first-order chi connectivity index (χ1) is 17.5. The summed E-state index contributed by atoms with van der Waals surface area (Å²) >= 11 is 0. The van der Waals surface area contributed by atoms with Crippen LogP contribution in [0.3, 0.4) is 0 Å². The molecule has 2 N–H and O–H groups in total. The second kappa shape index (κ2) is 11.9. The summed E-state index contributed by atoms with van der Waals surface area (Å²) in [5, 5.41) is 5.70. The number of hydrogen-bond acceptors (Lipinski definition) is 5. The zero-order valence-corrected chi connectivity index (χ0v) is 20.1. The number of methoxy groups -OCH3 is 1. The summed E-state index contributed by atoms with van der Waals surface area (Å²) in [6, 6.07) is 23.9. The molecule has 1 aliphatic heterocycles. The number of nitrogens with zero attached hydrogens (tertiary/aromatic N) is 1. The number of anilines is 2. The minimum Gasteiger partial charge on any atom is -0.497 e. The number of hydrogen-bond donors (Lipinski definition) is 2. The Morgan fingerprint density at radius 2 is 1.75 bits per heavy atom. The molecule has 0 radical (unpaired) electrons. The van der Waals surface area contributed by atoms with Gasteiger partial charge in [0.1, 0.15) is 11.5 Å². The molecule has 36 heavy (non-hydrogen) atoms. The third-order valence-electron chi connectivity index (χ3n) is 5.92. The van der Waals surface area contributed by atoms with E-state index in [0.717, 1.165) is 12.0 Å². The highest BCUT2D eigenvalue weighted by Crippen LogP contribution is 2.27. The van der Waals surface area contributed by atoms with Crippen molar-refractivity contribution in [1.29, 1.82) is 0 Å². The van der Waals surface area contributed by atoms with E-state index in [1.807, 2.05) is 30.3 Å². The topological polar surface area (TPSA) is 97.0 Å². The average molecular weight is 488 g/mol. The summed E-state index contributed by atoms with van der Waals surface area (Å²) in [6.07, 6.45) is 0.926. The molecule has 0 aromatic heterocycles. The van der Waals surface area contributed by atoms with E-state index in [2.05, 4.69) is 10.6 Å². The van der Waals surface area contributed by atoms with Crippen LogP contribution in [0.1, 0.15) is 12.0 Å². The van der Waals surface area contributed by atoms with E-state index in [1.54, 1.807) is 60.5 Å². The second-order valence-corrected chi connectivity index (χ2v) is 8.49. The Labute approximate surface area is 210 Å². The summed E-state index contributed by atoms with van der Waals surface area (Å²) in [5.74, 6) is 0.259. The maximum absolute atomic E-state index is 12.6. The van der Waals surface area contributed by atoms with Gasteiger partial charge in [0, 0.05) is 37.0 Å². The molecule has 0 saturated carbocycles. The van der Waals surface area contributed by atoms with Crippen LogP contribution >= 0.6 is 0 Å². The van der Waals surface area contributed by atoms with E-state index in [0.29, 0.717) is 36.0 Å². The van der Waals surface area contributed by atoms with E-state index in [9.17, 15) is 14.4 Å². The van der Waals surface area contributed by atoms with Crippen LogP contribution in [-0.4, -0.2) is 44.5 Å². The molecule has 186 valence electrons. The second-order valence-electron chi connectivity index (χ2n) is 8.49. The Hall–Kier alpha value is -4.33. The van der Waals surface area contributed by atoms with Gasteiger partial charge < -0.3 is 25.0 Å². The predicted molar refractivity (Wildman–Crippen MR) is 137 cm³/mol. The molecule has 8 nitrogen and oxygen atoms in total. The highest BCUT2D eigenvalue weighted by molar-refractivity contribution is 6.00. The maximum atomic E-state index is 12.6. The van der Waals surface area contributed by atoms with Crippen LogP contribution in [0.4, 0.5) is 11.4 Å². The van der Waals surface area contributed by atoms with Crippen LogP contribution < -0.4 is 25.0 Å². The van der Waals surface area contributed by atoms with Crippen molar-refractivity contribution in [2.75, 3.05) is 37.0 Å². The molecule has 0 aliphatic carbocycles. The fourth-order valence-corrected chi connectivity index (χ4v) is 4.02. The Balaban J connectivity index is 1.24. The average Bonchev–Trinajstić information content (AvgIpc) is 3.30. The molecular weight excluding hydrogens is 458 g/mol. The highest BCUT2D eigenvalue weighted by atomic mass is 16.5. The molecule has 3 aromatic carbocycles. The van der Waals surface area contributed by atoms with E-state index < -0.39 is 0 Å². The Bertz CT molecular complexity index is 1200. The van der Waals surface area contributed by atoms with E-state index in [1.165, 1.54) is 0 Å². The number of carbonyl (C=O) groups excluding carboxylic acids is 3. The lowest BCUT2D eigenvalue weighted by molar-refractivity contribution is -0.126. The fourth-order valence-electron chi connectivity index (χ4n) is 4.02. The smallest absolute Gasteiger partial charge is 0.262 e. The number of nitrogens with one attached hydrogen (secondary N) is 2. The molecule has 4 rings (SSSR count). The Morgan fingerprint density at radius 3 is 2.50 bits per heavy atom. The van der Waals surface area contributed by atoms with Gasteiger partial charge in [-0.15, -0.1) is 0 Å². The first-order valence-corrected chi connectivity index (χ1v) is 11.8. The van der Waals surface area contributed by atoms with Crippen LogP contribution in [0.15, 0.2) is 78.9 Å². The van der Waals surface area contributed by atoms with E-state index in [4.69, 9.17) is 9.47 Å². The molecule has 1 saturated heterocycles. The number of rotatable bonds is 10. The number of amides is 3. The van der Waals surface area contributed by atoms with Crippen molar-refractivity contribution in [2.45, 2.75) is 12.8 Å². The van der Waals surface area contributed by atoms with Crippen molar-refractivity contribution in [2.24, 2.45) is 5.92 Å². The summed E-state index contributed by atoms with van der Waals surface area (Å²) < 4.78 is 10.7. The van der Waals surface area contributed by atoms with E-state index >= 15 is 0 Å². The third kappa shape index (κ3) is 6.63. The van der Waals surface area contributed by atoms with Gasteiger partial charge in [-0.2, -0.15) is 0 Å². The van der Waals surface area contributed by atoms with Gasteiger partial charge in [-0.05, 0) is 48.4 Å². The van der Waals surface area contributed by atoms with Gasteiger partial charge in [-0.3, -0.25) is 14.4 Å².